The van der Waals surface area contributed by atoms with Gasteiger partial charge in [0.05, 0.1) is 15.9 Å². The maximum absolute atomic E-state index is 13.0. The number of hydrogen-bond acceptors (Lipinski definition) is 2. The van der Waals surface area contributed by atoms with E-state index in [0.717, 1.165) is 10.9 Å². The van der Waals surface area contributed by atoms with Crippen LogP contribution >= 0.6 is 22.9 Å². The minimum absolute atomic E-state index is 0.205. The number of benzene rings is 1. The first kappa shape index (κ1) is 14.4. The Labute approximate surface area is 118 Å². The third kappa shape index (κ3) is 3.11. The van der Waals surface area contributed by atoms with Crippen molar-refractivity contribution in [1.29, 1.82) is 0 Å². The maximum Gasteiger partial charge on any atom is 0.416 e. The molecule has 0 spiro atoms. The van der Waals surface area contributed by atoms with Crippen LogP contribution in [-0.4, -0.2) is 7.05 Å². The summed E-state index contributed by atoms with van der Waals surface area (Å²) in [5.41, 5.74) is -0.421. The van der Waals surface area contributed by atoms with Crippen LogP contribution in [0.3, 0.4) is 0 Å². The Morgan fingerprint density at radius 2 is 1.84 bits per heavy atom. The van der Waals surface area contributed by atoms with Crippen LogP contribution in [0.4, 0.5) is 13.2 Å². The normalized spacial score (nSPS) is 13.5. The summed E-state index contributed by atoms with van der Waals surface area (Å²) in [6.45, 7) is 0. The average molecular weight is 306 g/mol. The van der Waals surface area contributed by atoms with E-state index < -0.39 is 17.8 Å². The van der Waals surface area contributed by atoms with E-state index in [1.165, 1.54) is 23.5 Å². The van der Waals surface area contributed by atoms with Gasteiger partial charge in [-0.15, -0.1) is 11.3 Å². The topological polar surface area (TPSA) is 12.0 Å². The number of nitrogens with one attached hydrogen (secondary N) is 1. The van der Waals surface area contributed by atoms with E-state index in [-0.39, 0.29) is 5.56 Å². The van der Waals surface area contributed by atoms with Crippen molar-refractivity contribution in [2.24, 2.45) is 0 Å². The molecule has 6 heteroatoms. The lowest BCUT2D eigenvalue weighted by molar-refractivity contribution is -0.138. The van der Waals surface area contributed by atoms with Crippen molar-refractivity contribution in [2.45, 2.75) is 12.2 Å². The molecule has 1 atom stereocenters. The monoisotopic (exact) mass is 305 g/mol. The third-order valence-electron chi connectivity index (χ3n) is 2.74. The van der Waals surface area contributed by atoms with Gasteiger partial charge >= 0.3 is 6.18 Å². The SMILES string of the molecule is CNC(c1ccc(Cl)s1)c1ccccc1C(F)(F)F. The van der Waals surface area contributed by atoms with E-state index in [1.807, 2.05) is 0 Å². The molecule has 2 rings (SSSR count). The highest BCUT2D eigenvalue weighted by molar-refractivity contribution is 7.16. The van der Waals surface area contributed by atoms with Crippen LogP contribution in [0.1, 0.15) is 22.0 Å². The third-order valence-corrected chi connectivity index (χ3v) is 4.04. The van der Waals surface area contributed by atoms with Gasteiger partial charge in [-0.2, -0.15) is 13.2 Å². The van der Waals surface area contributed by atoms with Crippen LogP contribution < -0.4 is 5.32 Å². The highest BCUT2D eigenvalue weighted by Gasteiger charge is 2.35. The molecule has 1 nitrogen and oxygen atoms in total. The molecule has 0 aliphatic heterocycles. The Bertz CT molecular complexity index is 565. The summed E-state index contributed by atoms with van der Waals surface area (Å²) in [4.78, 5) is 0.754. The van der Waals surface area contributed by atoms with Crippen molar-refractivity contribution in [3.63, 3.8) is 0 Å². The molecule has 0 radical (unpaired) electrons. The first-order chi connectivity index (χ1) is 8.93. The van der Waals surface area contributed by atoms with Crippen LogP contribution in [0, 0.1) is 0 Å². The van der Waals surface area contributed by atoms with E-state index >= 15 is 0 Å². The quantitative estimate of drug-likeness (QED) is 0.864. The molecule has 2 aromatic rings. The fraction of sp³-hybridized carbons (Fsp3) is 0.231. The van der Waals surface area contributed by atoms with Crippen LogP contribution in [-0.2, 0) is 6.18 Å². The van der Waals surface area contributed by atoms with Gasteiger partial charge in [-0.25, -0.2) is 0 Å². The zero-order chi connectivity index (χ0) is 14.0. The Morgan fingerprint density at radius 3 is 2.37 bits per heavy atom. The van der Waals surface area contributed by atoms with Crippen molar-refractivity contribution in [2.75, 3.05) is 7.05 Å². The summed E-state index contributed by atoms with van der Waals surface area (Å²) in [7, 11) is 1.63. The lowest BCUT2D eigenvalue weighted by Gasteiger charge is -2.20. The molecule has 1 N–H and O–H groups in total. The van der Waals surface area contributed by atoms with E-state index in [4.69, 9.17) is 11.6 Å². The molecule has 0 saturated carbocycles. The summed E-state index contributed by atoms with van der Waals surface area (Å²) in [6.07, 6.45) is -4.37. The van der Waals surface area contributed by atoms with Crippen LogP contribution in [0.2, 0.25) is 4.34 Å². The molecule has 19 heavy (non-hydrogen) atoms. The zero-order valence-electron chi connectivity index (χ0n) is 9.96. The van der Waals surface area contributed by atoms with Gasteiger partial charge in [0.15, 0.2) is 0 Å². The van der Waals surface area contributed by atoms with Crippen molar-refractivity contribution in [3.8, 4) is 0 Å². The molecule has 1 aromatic heterocycles. The van der Waals surface area contributed by atoms with Crippen molar-refractivity contribution in [1.82, 2.24) is 5.32 Å². The zero-order valence-corrected chi connectivity index (χ0v) is 11.5. The number of alkyl halides is 3. The Balaban J connectivity index is 2.50. The average Bonchev–Trinajstić information content (AvgIpc) is 2.76. The predicted octanol–water partition coefficient (Wildman–Crippen LogP) is 4.73. The van der Waals surface area contributed by atoms with E-state index in [1.54, 1.807) is 25.2 Å². The molecule has 1 unspecified atom stereocenters. The van der Waals surface area contributed by atoms with Crippen molar-refractivity contribution in [3.05, 3.63) is 56.7 Å². The molecule has 0 bridgehead atoms. The lowest BCUT2D eigenvalue weighted by Crippen LogP contribution is -2.21. The summed E-state index contributed by atoms with van der Waals surface area (Å²) in [5, 5.41) is 2.91. The first-order valence-electron chi connectivity index (χ1n) is 5.52. The number of halogens is 4. The minimum atomic E-state index is -4.37. The second-order valence-corrected chi connectivity index (χ2v) is 5.70. The van der Waals surface area contributed by atoms with Crippen molar-refractivity contribution >= 4 is 22.9 Å². The number of hydrogen-bond donors (Lipinski definition) is 1. The number of rotatable bonds is 3. The molecule has 0 fully saturated rings. The smallest absolute Gasteiger partial charge is 0.309 e. The van der Waals surface area contributed by atoms with Gasteiger partial charge in [-0.05, 0) is 30.8 Å². The van der Waals surface area contributed by atoms with Gasteiger partial charge in [0.25, 0.3) is 0 Å². The van der Waals surface area contributed by atoms with E-state index in [0.29, 0.717) is 4.34 Å². The Morgan fingerprint density at radius 1 is 1.16 bits per heavy atom. The number of thiophene rings is 1. The maximum atomic E-state index is 13.0. The van der Waals surface area contributed by atoms with Gasteiger partial charge in [0.1, 0.15) is 0 Å². The van der Waals surface area contributed by atoms with Gasteiger partial charge in [-0.3, -0.25) is 0 Å². The van der Waals surface area contributed by atoms with Gasteiger partial charge in [0, 0.05) is 4.88 Å². The summed E-state index contributed by atoms with van der Waals surface area (Å²) >= 11 is 7.12. The molecule has 0 amide bonds. The molecule has 102 valence electrons. The second-order valence-electron chi connectivity index (χ2n) is 3.95. The lowest BCUT2D eigenvalue weighted by atomic mass is 9.99. The fourth-order valence-corrected chi connectivity index (χ4v) is 3.13. The van der Waals surface area contributed by atoms with Crippen molar-refractivity contribution < 1.29 is 13.2 Å². The highest BCUT2D eigenvalue weighted by atomic mass is 35.5. The Kier molecular flexibility index (Phi) is 4.18. The molecule has 0 saturated heterocycles. The van der Waals surface area contributed by atoms with Crippen LogP contribution in [0.5, 0.6) is 0 Å². The largest absolute Gasteiger partial charge is 0.416 e. The molecular weight excluding hydrogens is 295 g/mol. The van der Waals surface area contributed by atoms with Gasteiger partial charge < -0.3 is 5.32 Å². The second kappa shape index (κ2) is 5.53. The molecule has 1 aromatic carbocycles. The molecule has 1 heterocycles. The van der Waals surface area contributed by atoms with Gasteiger partial charge in [-0.1, -0.05) is 29.8 Å². The predicted molar refractivity (Wildman–Crippen MR) is 71.7 cm³/mol. The van der Waals surface area contributed by atoms with E-state index in [9.17, 15) is 13.2 Å². The summed E-state index contributed by atoms with van der Waals surface area (Å²) < 4.78 is 39.6. The van der Waals surface area contributed by atoms with E-state index in [2.05, 4.69) is 5.32 Å². The first-order valence-corrected chi connectivity index (χ1v) is 6.71. The standard InChI is InChI=1S/C13H11ClF3NS/c1-18-12(10-6-7-11(14)19-10)8-4-2-3-5-9(8)13(15,16)17/h2-7,12,18H,1H3. The highest BCUT2D eigenvalue weighted by Crippen LogP contribution is 2.38. The summed E-state index contributed by atoms with van der Waals surface area (Å²) in [6, 6.07) is 8.47. The molecular formula is C13H11ClF3NS. The van der Waals surface area contributed by atoms with Crippen LogP contribution in [0.15, 0.2) is 36.4 Å². The Hall–Kier alpha value is -1.04. The fourth-order valence-electron chi connectivity index (χ4n) is 1.94. The minimum Gasteiger partial charge on any atom is -0.309 e. The van der Waals surface area contributed by atoms with Crippen LogP contribution in [0.25, 0.3) is 0 Å². The summed E-state index contributed by atoms with van der Waals surface area (Å²) in [5.74, 6) is 0. The van der Waals surface area contributed by atoms with Gasteiger partial charge in [0.2, 0.25) is 0 Å². The molecule has 0 aliphatic carbocycles. The molecule has 0 aliphatic rings.